The molecule has 0 unspecified atom stereocenters. The maximum atomic E-state index is 9.42. The molecule has 1 nitrogen and oxygen atoms in total. The Morgan fingerprint density at radius 1 is 1.00 bits per heavy atom. The zero-order chi connectivity index (χ0) is 10.7. The van der Waals surface area contributed by atoms with E-state index in [-0.39, 0.29) is 5.41 Å². The standard InChI is InChI=1S/C14H23N/c1-12-9-14(10-12,11-15)13-7-5-3-2-4-6-8-13/h12-13H,2-10H2,1H3. The largest absolute Gasteiger partial charge is 0.198 e. The van der Waals surface area contributed by atoms with E-state index in [4.69, 9.17) is 0 Å². The second kappa shape index (κ2) is 4.56. The van der Waals surface area contributed by atoms with Crippen molar-refractivity contribution in [3.63, 3.8) is 0 Å². The van der Waals surface area contributed by atoms with E-state index < -0.39 is 0 Å². The topological polar surface area (TPSA) is 23.8 Å². The van der Waals surface area contributed by atoms with Gasteiger partial charge in [-0.1, -0.05) is 39.0 Å². The zero-order valence-corrected chi connectivity index (χ0v) is 9.97. The van der Waals surface area contributed by atoms with Crippen LogP contribution >= 0.6 is 0 Å². The lowest BCUT2D eigenvalue weighted by Crippen LogP contribution is -2.41. The third-order valence-corrected chi connectivity index (χ3v) is 4.53. The molecule has 2 fully saturated rings. The van der Waals surface area contributed by atoms with Gasteiger partial charge in [-0.05, 0) is 37.5 Å². The van der Waals surface area contributed by atoms with Gasteiger partial charge in [0.05, 0.1) is 11.5 Å². The Bertz CT molecular complexity index is 237. The van der Waals surface area contributed by atoms with Crippen LogP contribution in [-0.2, 0) is 0 Å². The average molecular weight is 205 g/mol. The summed E-state index contributed by atoms with van der Waals surface area (Å²) in [7, 11) is 0. The van der Waals surface area contributed by atoms with Gasteiger partial charge in [0.1, 0.15) is 0 Å². The summed E-state index contributed by atoms with van der Waals surface area (Å²) in [6.07, 6.45) is 11.9. The predicted octanol–water partition coefficient (Wildman–Crippen LogP) is 4.29. The van der Waals surface area contributed by atoms with Gasteiger partial charge in [-0.3, -0.25) is 0 Å². The molecule has 0 heterocycles. The van der Waals surface area contributed by atoms with E-state index in [2.05, 4.69) is 13.0 Å². The lowest BCUT2D eigenvalue weighted by atomic mass is 9.55. The van der Waals surface area contributed by atoms with E-state index in [1.54, 1.807) is 0 Å². The zero-order valence-electron chi connectivity index (χ0n) is 9.97. The molecule has 0 radical (unpaired) electrons. The summed E-state index contributed by atoms with van der Waals surface area (Å²) in [4.78, 5) is 0. The summed E-state index contributed by atoms with van der Waals surface area (Å²) in [6.45, 7) is 2.29. The van der Waals surface area contributed by atoms with Crippen LogP contribution in [0.5, 0.6) is 0 Å². The van der Waals surface area contributed by atoms with Gasteiger partial charge in [0.15, 0.2) is 0 Å². The summed E-state index contributed by atoms with van der Waals surface area (Å²) in [5, 5.41) is 9.42. The first kappa shape index (κ1) is 11.0. The number of nitrogens with zero attached hydrogens (tertiary/aromatic N) is 1. The molecule has 2 rings (SSSR count). The summed E-state index contributed by atoms with van der Waals surface area (Å²) >= 11 is 0. The molecule has 0 spiro atoms. The minimum absolute atomic E-state index is 0.0940. The van der Waals surface area contributed by atoms with Gasteiger partial charge in [0, 0.05) is 0 Å². The normalized spacial score (nSPS) is 38.5. The van der Waals surface area contributed by atoms with Gasteiger partial charge in [0.25, 0.3) is 0 Å². The molecule has 0 aromatic carbocycles. The SMILES string of the molecule is CC1CC(C#N)(C2CCCCCCC2)C1. The highest BCUT2D eigenvalue weighted by Crippen LogP contribution is 2.53. The minimum Gasteiger partial charge on any atom is -0.198 e. The van der Waals surface area contributed by atoms with Crippen LogP contribution in [0.4, 0.5) is 0 Å². The Kier molecular flexibility index (Phi) is 3.34. The molecular formula is C14H23N. The van der Waals surface area contributed by atoms with E-state index in [9.17, 15) is 5.26 Å². The second-order valence-corrected chi connectivity index (χ2v) is 5.82. The molecule has 0 N–H and O–H groups in total. The summed E-state index contributed by atoms with van der Waals surface area (Å²) in [5.41, 5.74) is 0.0940. The fraction of sp³-hybridized carbons (Fsp3) is 0.929. The van der Waals surface area contributed by atoms with Crippen molar-refractivity contribution in [3.8, 4) is 6.07 Å². The average Bonchev–Trinajstić information content (AvgIpc) is 2.12. The van der Waals surface area contributed by atoms with Gasteiger partial charge in [-0.25, -0.2) is 0 Å². The molecule has 0 aromatic rings. The first-order valence-electron chi connectivity index (χ1n) is 6.68. The van der Waals surface area contributed by atoms with E-state index in [1.807, 2.05) is 0 Å². The summed E-state index contributed by atoms with van der Waals surface area (Å²) in [5.74, 6) is 1.52. The van der Waals surface area contributed by atoms with Gasteiger partial charge in [0.2, 0.25) is 0 Å². The van der Waals surface area contributed by atoms with Crippen molar-refractivity contribution in [2.24, 2.45) is 17.3 Å². The summed E-state index contributed by atoms with van der Waals surface area (Å²) < 4.78 is 0. The van der Waals surface area contributed by atoms with E-state index >= 15 is 0 Å². The Morgan fingerprint density at radius 2 is 1.53 bits per heavy atom. The predicted molar refractivity (Wildman–Crippen MR) is 62.3 cm³/mol. The molecule has 15 heavy (non-hydrogen) atoms. The maximum Gasteiger partial charge on any atom is 0.0692 e. The number of hydrogen-bond acceptors (Lipinski definition) is 1. The molecule has 0 aliphatic heterocycles. The lowest BCUT2D eigenvalue weighted by Gasteiger charge is -2.47. The second-order valence-electron chi connectivity index (χ2n) is 5.82. The van der Waals surface area contributed by atoms with Crippen LogP contribution in [0.3, 0.4) is 0 Å². The highest BCUT2D eigenvalue weighted by Gasteiger charge is 2.47. The first-order chi connectivity index (χ1) is 7.27. The molecule has 0 saturated heterocycles. The number of nitriles is 1. The van der Waals surface area contributed by atoms with Crippen LogP contribution in [-0.4, -0.2) is 0 Å². The lowest BCUT2D eigenvalue weighted by molar-refractivity contribution is 0.0435. The van der Waals surface area contributed by atoms with Gasteiger partial charge < -0.3 is 0 Å². The molecule has 1 heteroatoms. The smallest absolute Gasteiger partial charge is 0.0692 e. The van der Waals surface area contributed by atoms with E-state index in [1.165, 1.54) is 57.8 Å². The van der Waals surface area contributed by atoms with Gasteiger partial charge >= 0.3 is 0 Å². The molecule has 2 aliphatic rings. The van der Waals surface area contributed by atoms with Crippen molar-refractivity contribution in [1.29, 1.82) is 5.26 Å². The van der Waals surface area contributed by atoms with E-state index in [0.29, 0.717) is 0 Å². The van der Waals surface area contributed by atoms with Gasteiger partial charge in [-0.2, -0.15) is 5.26 Å². The summed E-state index contributed by atoms with van der Waals surface area (Å²) in [6, 6.07) is 2.66. The van der Waals surface area contributed by atoms with Crippen molar-refractivity contribution < 1.29 is 0 Å². The van der Waals surface area contributed by atoms with Crippen LogP contribution in [0.25, 0.3) is 0 Å². The highest BCUT2D eigenvalue weighted by molar-refractivity contribution is 5.10. The van der Waals surface area contributed by atoms with Crippen LogP contribution in [0.1, 0.15) is 64.7 Å². The third-order valence-electron chi connectivity index (χ3n) is 4.53. The van der Waals surface area contributed by atoms with Crippen LogP contribution in [0.2, 0.25) is 0 Å². The highest BCUT2D eigenvalue weighted by atomic mass is 14.5. The molecule has 2 saturated carbocycles. The fourth-order valence-electron chi connectivity index (χ4n) is 3.71. The fourth-order valence-corrected chi connectivity index (χ4v) is 3.71. The molecule has 84 valence electrons. The first-order valence-corrected chi connectivity index (χ1v) is 6.68. The quantitative estimate of drug-likeness (QED) is 0.626. The molecular weight excluding hydrogens is 182 g/mol. The Balaban J connectivity index is 1.97. The molecule has 2 aliphatic carbocycles. The third kappa shape index (κ3) is 2.19. The van der Waals surface area contributed by atoms with Crippen molar-refractivity contribution >= 4 is 0 Å². The maximum absolute atomic E-state index is 9.42. The monoisotopic (exact) mass is 205 g/mol. The number of hydrogen-bond donors (Lipinski definition) is 0. The molecule has 0 aromatic heterocycles. The van der Waals surface area contributed by atoms with Crippen LogP contribution < -0.4 is 0 Å². The van der Waals surface area contributed by atoms with Crippen molar-refractivity contribution in [1.82, 2.24) is 0 Å². The Morgan fingerprint density at radius 3 is 2.00 bits per heavy atom. The molecule has 0 bridgehead atoms. The van der Waals surface area contributed by atoms with E-state index in [0.717, 1.165) is 11.8 Å². The van der Waals surface area contributed by atoms with Crippen molar-refractivity contribution in [2.45, 2.75) is 64.7 Å². The number of rotatable bonds is 1. The Labute approximate surface area is 93.9 Å². The Hall–Kier alpha value is -0.510. The molecule has 0 amide bonds. The van der Waals surface area contributed by atoms with Gasteiger partial charge in [-0.15, -0.1) is 0 Å². The molecule has 0 atom stereocenters. The van der Waals surface area contributed by atoms with Crippen LogP contribution in [0, 0.1) is 28.6 Å². The van der Waals surface area contributed by atoms with Crippen molar-refractivity contribution in [2.75, 3.05) is 0 Å². The minimum atomic E-state index is 0.0940. The van der Waals surface area contributed by atoms with Crippen molar-refractivity contribution in [3.05, 3.63) is 0 Å². The van der Waals surface area contributed by atoms with Crippen LogP contribution in [0.15, 0.2) is 0 Å².